The monoisotopic (exact) mass is 1350 g/mol. The molecular formula is C98H57N5O3. The molecule has 492 valence electrons. The minimum absolute atomic E-state index is 0.644. The maximum absolute atomic E-state index is 6.24. The van der Waals surface area contributed by atoms with Gasteiger partial charge in [-0.2, -0.15) is 0 Å². The van der Waals surface area contributed by atoms with Crippen molar-refractivity contribution in [2.75, 3.05) is 0 Å². The Labute approximate surface area is 605 Å². The molecule has 0 N–H and O–H groups in total. The second kappa shape index (κ2) is 22.6. The van der Waals surface area contributed by atoms with Gasteiger partial charge >= 0.3 is 0 Å². The largest absolute Gasteiger partial charge is 0.456 e. The molecular weight excluding hydrogens is 1300 g/mol. The number of benzene rings is 16. The Kier molecular flexibility index (Phi) is 12.4. The summed E-state index contributed by atoms with van der Waals surface area (Å²) in [5, 5.41) is 14.8. The van der Waals surface area contributed by atoms with Crippen LogP contribution in [0.1, 0.15) is 0 Å². The van der Waals surface area contributed by atoms with Gasteiger partial charge in [0.15, 0.2) is 5.82 Å². The number of furan rings is 3. The fourth-order valence-corrected chi connectivity index (χ4v) is 17.0. The minimum atomic E-state index is 0.644. The maximum Gasteiger partial charge on any atom is 0.160 e. The van der Waals surface area contributed by atoms with Gasteiger partial charge in [-0.15, -0.1) is 0 Å². The molecule has 7 heterocycles. The van der Waals surface area contributed by atoms with Gasteiger partial charge < -0.3 is 27.0 Å². The molecule has 16 aromatic carbocycles. The van der Waals surface area contributed by atoms with E-state index in [-0.39, 0.29) is 0 Å². The maximum atomic E-state index is 6.24. The molecule has 8 heteroatoms. The number of rotatable bonds is 9. The Morgan fingerprint density at radius 2 is 0.491 bits per heavy atom. The first kappa shape index (κ1) is 58.3. The number of hydrogen-bond acceptors (Lipinski definition) is 5. The van der Waals surface area contributed by atoms with Crippen LogP contribution in [0.15, 0.2) is 359 Å². The molecule has 23 aromatic rings. The summed E-state index contributed by atoms with van der Waals surface area (Å²) in [4.78, 5) is 11.1. The highest BCUT2D eigenvalue weighted by Crippen LogP contribution is 2.44. The molecule has 0 aliphatic carbocycles. The molecule has 0 radical (unpaired) electrons. The number of fused-ring (bicyclic) bond motifs is 19. The third-order valence-corrected chi connectivity index (χ3v) is 22.1. The third kappa shape index (κ3) is 8.95. The molecule has 0 aliphatic heterocycles. The summed E-state index contributed by atoms with van der Waals surface area (Å²) in [5.74, 6) is 0.644. The molecule has 0 unspecified atom stereocenters. The van der Waals surface area contributed by atoms with Gasteiger partial charge in [-0.05, 0) is 214 Å². The zero-order valence-electron chi connectivity index (χ0n) is 56.9. The Morgan fingerprint density at radius 3 is 0.925 bits per heavy atom. The van der Waals surface area contributed by atoms with Crippen LogP contribution in [0.2, 0.25) is 0 Å². The molecule has 0 spiro atoms. The van der Waals surface area contributed by atoms with Gasteiger partial charge in [0.25, 0.3) is 0 Å². The lowest BCUT2D eigenvalue weighted by Crippen LogP contribution is -1.98. The van der Waals surface area contributed by atoms with Crippen molar-refractivity contribution in [3.63, 3.8) is 0 Å². The van der Waals surface area contributed by atoms with Crippen LogP contribution in [0, 0.1) is 0 Å². The van der Waals surface area contributed by atoms with Crippen molar-refractivity contribution in [1.29, 1.82) is 0 Å². The fraction of sp³-hybridized carbons (Fsp3) is 0. The van der Waals surface area contributed by atoms with Crippen LogP contribution < -0.4 is 0 Å². The van der Waals surface area contributed by atoms with E-state index in [1.807, 2.05) is 36.4 Å². The van der Waals surface area contributed by atoms with Gasteiger partial charge in [0.2, 0.25) is 0 Å². The van der Waals surface area contributed by atoms with E-state index >= 15 is 0 Å². The lowest BCUT2D eigenvalue weighted by atomic mass is 9.99. The second-order valence-corrected chi connectivity index (χ2v) is 28.0. The molecule has 8 nitrogen and oxygen atoms in total. The highest BCUT2D eigenvalue weighted by atomic mass is 16.3. The van der Waals surface area contributed by atoms with Crippen molar-refractivity contribution in [2.24, 2.45) is 0 Å². The normalized spacial score (nSPS) is 12.2. The second-order valence-electron chi connectivity index (χ2n) is 28.0. The van der Waals surface area contributed by atoms with Crippen LogP contribution in [0.25, 0.3) is 226 Å². The summed E-state index contributed by atoms with van der Waals surface area (Å²) in [5.41, 5.74) is 28.0. The Morgan fingerprint density at radius 1 is 0.179 bits per heavy atom. The Bertz CT molecular complexity index is 7650. The molecule has 0 fully saturated rings. The van der Waals surface area contributed by atoms with E-state index < -0.39 is 0 Å². The van der Waals surface area contributed by atoms with Crippen LogP contribution in [0.5, 0.6) is 0 Å². The van der Waals surface area contributed by atoms with E-state index in [1.54, 1.807) is 0 Å². The Balaban J connectivity index is 0.636. The van der Waals surface area contributed by atoms with Gasteiger partial charge in [-0.1, -0.05) is 176 Å². The zero-order chi connectivity index (χ0) is 69.2. The number of nitrogens with zero attached hydrogens (tertiary/aromatic N) is 5. The number of aromatic nitrogens is 5. The topological polar surface area (TPSA) is 80.0 Å². The molecule has 23 rings (SSSR count). The SMILES string of the molecule is c1cc(-c2ccc3nc(-c4ccc(-n5c6ccccc6c6cc(-c7ccc8oc9ccccc9c8c7)ccc65)cc4)nc(-c4ccc(-n5c6ccccc6c6cc(-c7ccc8oc9ccccc9c8c7)ccc65)cc4)c3c2)cc(-n2c3ccccc3c3cc(-c4ccc5oc6ccccc6c5c4)ccc32)c1. The standard InChI is InChI=1S/C98H57N5O3/c1-7-22-85-71(16-1)77-51-62(65-36-47-94-80(54-65)74-19-4-10-25-91(74)104-94)33-44-88(77)101(85)68-39-28-58(29-40-68)97-83-57-61(60-14-13-15-70(50-60)103-87-24-9-3-18-73(87)79-53-64(35-46-90(79)103)67-38-49-96-82(56-67)76-21-6-12-27-93(76)106-96)32-43-84(83)99-98(100-97)59-30-41-69(42-31-59)102-86-23-8-2-17-72(86)78-52-63(34-45-89(78)102)66-37-48-95-81(55-66)75-20-5-11-26-92(75)105-95/h1-57H. The molecule has 7 aromatic heterocycles. The lowest BCUT2D eigenvalue weighted by Gasteiger charge is -2.14. The molecule has 0 saturated heterocycles. The van der Waals surface area contributed by atoms with Crippen molar-refractivity contribution in [3.8, 4) is 84.2 Å². The molecule has 0 atom stereocenters. The van der Waals surface area contributed by atoms with E-state index in [2.05, 4.69) is 323 Å². The highest BCUT2D eigenvalue weighted by Gasteiger charge is 2.22. The van der Waals surface area contributed by atoms with Gasteiger partial charge in [-0.3, -0.25) is 0 Å². The summed E-state index contributed by atoms with van der Waals surface area (Å²) in [6, 6.07) is 124. The van der Waals surface area contributed by atoms with Crippen molar-refractivity contribution in [3.05, 3.63) is 346 Å². The van der Waals surface area contributed by atoms with E-state index in [0.717, 1.165) is 188 Å². The van der Waals surface area contributed by atoms with Gasteiger partial charge in [0.1, 0.15) is 33.5 Å². The van der Waals surface area contributed by atoms with Crippen molar-refractivity contribution in [1.82, 2.24) is 23.7 Å². The molecule has 0 amide bonds. The molecule has 0 bridgehead atoms. The van der Waals surface area contributed by atoms with Crippen LogP contribution in [0.4, 0.5) is 0 Å². The Hall–Kier alpha value is -14.3. The van der Waals surface area contributed by atoms with E-state index in [1.165, 1.54) is 32.3 Å². The smallest absolute Gasteiger partial charge is 0.160 e. The molecule has 0 saturated carbocycles. The first-order valence-electron chi connectivity index (χ1n) is 36.0. The lowest BCUT2D eigenvalue weighted by molar-refractivity contribution is 0.668. The average Bonchev–Trinajstić information content (AvgIpc) is 1.59. The third-order valence-electron chi connectivity index (χ3n) is 22.1. The van der Waals surface area contributed by atoms with Crippen molar-refractivity contribution >= 4 is 142 Å². The average molecular weight is 1350 g/mol. The predicted molar refractivity (Wildman–Crippen MR) is 437 cm³/mol. The minimum Gasteiger partial charge on any atom is -0.456 e. The quantitative estimate of drug-likeness (QED) is 0.144. The summed E-state index contributed by atoms with van der Waals surface area (Å²) < 4.78 is 25.9. The van der Waals surface area contributed by atoms with Gasteiger partial charge in [-0.25, -0.2) is 9.97 Å². The fourth-order valence-electron chi connectivity index (χ4n) is 17.0. The molecule has 0 aliphatic rings. The zero-order valence-corrected chi connectivity index (χ0v) is 56.9. The summed E-state index contributed by atoms with van der Waals surface area (Å²) in [6.45, 7) is 0. The molecule has 106 heavy (non-hydrogen) atoms. The van der Waals surface area contributed by atoms with E-state index in [9.17, 15) is 0 Å². The van der Waals surface area contributed by atoms with Crippen LogP contribution in [-0.2, 0) is 0 Å². The first-order chi connectivity index (χ1) is 52.5. The summed E-state index contributed by atoms with van der Waals surface area (Å²) in [7, 11) is 0. The van der Waals surface area contributed by atoms with Gasteiger partial charge in [0, 0.05) is 98.2 Å². The summed E-state index contributed by atoms with van der Waals surface area (Å²) >= 11 is 0. The van der Waals surface area contributed by atoms with Crippen LogP contribution in [0.3, 0.4) is 0 Å². The van der Waals surface area contributed by atoms with E-state index in [4.69, 9.17) is 23.2 Å². The van der Waals surface area contributed by atoms with Crippen LogP contribution >= 0.6 is 0 Å². The van der Waals surface area contributed by atoms with Gasteiger partial charge in [0.05, 0.1) is 44.3 Å². The number of para-hydroxylation sites is 6. The van der Waals surface area contributed by atoms with Crippen molar-refractivity contribution < 1.29 is 13.3 Å². The predicted octanol–water partition coefficient (Wildman–Crippen LogP) is 26.6. The first-order valence-corrected chi connectivity index (χ1v) is 36.0. The van der Waals surface area contributed by atoms with Crippen molar-refractivity contribution in [2.45, 2.75) is 0 Å². The van der Waals surface area contributed by atoms with Crippen LogP contribution in [-0.4, -0.2) is 23.7 Å². The highest BCUT2D eigenvalue weighted by molar-refractivity contribution is 6.15. The summed E-state index contributed by atoms with van der Waals surface area (Å²) in [6.07, 6.45) is 0. The number of hydrogen-bond donors (Lipinski definition) is 0. The van der Waals surface area contributed by atoms with E-state index in [0.29, 0.717) is 5.82 Å².